The second-order valence-electron chi connectivity index (χ2n) is 10.1. The van der Waals surface area contributed by atoms with Crippen molar-refractivity contribution in [2.75, 3.05) is 45.4 Å². The number of benzene rings is 3. The maximum atomic E-state index is 14.2. The van der Waals surface area contributed by atoms with Crippen molar-refractivity contribution >= 4 is 39.7 Å². The summed E-state index contributed by atoms with van der Waals surface area (Å²) in [6.45, 7) is 6.36. The molecule has 0 unspecified atom stereocenters. The van der Waals surface area contributed by atoms with Gasteiger partial charge in [0.2, 0.25) is 0 Å². The molecule has 0 bridgehead atoms. The molecule has 2 aliphatic heterocycles. The minimum Gasteiger partial charge on any atom is -0.496 e. The molecule has 1 aromatic heterocycles. The molecule has 0 aliphatic carbocycles. The van der Waals surface area contributed by atoms with E-state index in [1.807, 2.05) is 67.6 Å². The van der Waals surface area contributed by atoms with Gasteiger partial charge in [-0.25, -0.2) is 4.99 Å². The van der Waals surface area contributed by atoms with E-state index in [2.05, 4.69) is 4.90 Å². The maximum Gasteiger partial charge on any atom is 0.271 e. The van der Waals surface area contributed by atoms with Gasteiger partial charge in [0.25, 0.3) is 5.56 Å². The van der Waals surface area contributed by atoms with E-state index in [1.54, 1.807) is 18.8 Å². The predicted molar refractivity (Wildman–Crippen MR) is 161 cm³/mol. The topological polar surface area (TPSA) is 82.4 Å². The van der Waals surface area contributed by atoms with Gasteiger partial charge >= 0.3 is 0 Å². The number of hydrogen-bond acceptors (Lipinski definition) is 8. The molecule has 3 aromatic carbocycles. The summed E-state index contributed by atoms with van der Waals surface area (Å²) in [6.07, 6.45) is 1.84. The van der Waals surface area contributed by atoms with E-state index in [0.29, 0.717) is 45.3 Å². The van der Waals surface area contributed by atoms with Gasteiger partial charge in [-0.15, -0.1) is 0 Å². The van der Waals surface area contributed by atoms with Crippen molar-refractivity contribution in [2.45, 2.75) is 19.9 Å². The van der Waals surface area contributed by atoms with Gasteiger partial charge in [-0.1, -0.05) is 41.7 Å². The van der Waals surface area contributed by atoms with Gasteiger partial charge in [-0.2, -0.15) is 0 Å². The standard InChI is InChI=1S/C32H31N3O5S/c1-19-28(20(2)36)30(29-24-8-6-5-7-21(24)10-12-25(29)38-3)35-31(37)27(41-32(35)33-19)17-22-9-11-23(18-26(22)39-4)34-13-15-40-16-14-34/h5-12,17-18,30H,13-16H2,1-4H3/t30-/m0/s1. The summed E-state index contributed by atoms with van der Waals surface area (Å²) in [4.78, 5) is 34.8. The highest BCUT2D eigenvalue weighted by Crippen LogP contribution is 2.40. The van der Waals surface area contributed by atoms with Crippen molar-refractivity contribution in [3.05, 3.63) is 96.7 Å². The largest absolute Gasteiger partial charge is 0.496 e. The summed E-state index contributed by atoms with van der Waals surface area (Å²) in [5.41, 5.74) is 3.46. The minimum absolute atomic E-state index is 0.138. The molecular weight excluding hydrogens is 538 g/mol. The predicted octanol–water partition coefficient (Wildman–Crippen LogP) is 3.83. The first-order chi connectivity index (χ1) is 19.9. The lowest BCUT2D eigenvalue weighted by Crippen LogP contribution is -2.39. The number of carbonyl (C=O) groups excluding carboxylic acids is 1. The summed E-state index contributed by atoms with van der Waals surface area (Å²) < 4.78 is 19.2. The van der Waals surface area contributed by atoms with Crippen molar-refractivity contribution in [3.63, 3.8) is 0 Å². The van der Waals surface area contributed by atoms with Gasteiger partial charge in [0.15, 0.2) is 10.6 Å². The molecule has 4 aromatic rings. The zero-order valence-corrected chi connectivity index (χ0v) is 24.3. The van der Waals surface area contributed by atoms with Crippen molar-refractivity contribution in [3.8, 4) is 11.5 Å². The Bertz CT molecular complexity index is 1880. The van der Waals surface area contributed by atoms with E-state index in [9.17, 15) is 9.59 Å². The van der Waals surface area contributed by atoms with Crippen LogP contribution in [0.3, 0.4) is 0 Å². The lowest BCUT2D eigenvalue weighted by atomic mass is 9.89. The molecule has 1 saturated heterocycles. The van der Waals surface area contributed by atoms with E-state index < -0.39 is 6.04 Å². The maximum absolute atomic E-state index is 14.2. The van der Waals surface area contributed by atoms with E-state index in [-0.39, 0.29) is 11.3 Å². The fourth-order valence-electron chi connectivity index (χ4n) is 5.76. The number of hydrogen-bond donors (Lipinski definition) is 0. The van der Waals surface area contributed by atoms with Crippen LogP contribution in [0, 0.1) is 0 Å². The number of aromatic nitrogens is 1. The second kappa shape index (κ2) is 11.0. The molecule has 0 saturated carbocycles. The molecule has 3 heterocycles. The summed E-state index contributed by atoms with van der Waals surface area (Å²) >= 11 is 1.30. The number of methoxy groups -OCH3 is 2. The highest BCUT2D eigenvalue weighted by Gasteiger charge is 2.34. The van der Waals surface area contributed by atoms with Gasteiger partial charge in [-0.3, -0.25) is 14.2 Å². The number of thiazole rings is 1. The third-order valence-electron chi connectivity index (χ3n) is 7.70. The Morgan fingerprint density at radius 2 is 1.80 bits per heavy atom. The fraction of sp³-hybridized carbons (Fsp3) is 0.281. The summed E-state index contributed by atoms with van der Waals surface area (Å²) in [7, 11) is 3.24. The first kappa shape index (κ1) is 27.0. The monoisotopic (exact) mass is 569 g/mol. The molecule has 1 atom stereocenters. The lowest BCUT2D eigenvalue weighted by molar-refractivity contribution is -0.114. The molecule has 0 radical (unpaired) electrons. The Labute approximate surface area is 241 Å². The van der Waals surface area contributed by atoms with Crippen molar-refractivity contribution in [2.24, 2.45) is 4.99 Å². The number of morpholine rings is 1. The van der Waals surface area contributed by atoms with Crippen LogP contribution in [0.1, 0.15) is 31.0 Å². The van der Waals surface area contributed by atoms with Crippen LogP contribution in [0.2, 0.25) is 0 Å². The molecule has 0 amide bonds. The van der Waals surface area contributed by atoms with Crippen LogP contribution in [-0.4, -0.2) is 50.9 Å². The Balaban J connectivity index is 1.55. The van der Waals surface area contributed by atoms with E-state index in [4.69, 9.17) is 19.2 Å². The Morgan fingerprint density at radius 3 is 2.54 bits per heavy atom. The quantitative estimate of drug-likeness (QED) is 0.351. The highest BCUT2D eigenvalue weighted by atomic mass is 32.1. The van der Waals surface area contributed by atoms with Gasteiger partial charge < -0.3 is 19.1 Å². The average molecular weight is 570 g/mol. The average Bonchev–Trinajstić information content (AvgIpc) is 3.30. The van der Waals surface area contributed by atoms with Crippen LogP contribution in [0.4, 0.5) is 5.69 Å². The van der Waals surface area contributed by atoms with Gasteiger partial charge in [0.1, 0.15) is 11.5 Å². The molecule has 210 valence electrons. The summed E-state index contributed by atoms with van der Waals surface area (Å²) in [5.74, 6) is 1.14. The summed E-state index contributed by atoms with van der Waals surface area (Å²) in [6, 6.07) is 17.1. The number of nitrogens with zero attached hydrogens (tertiary/aromatic N) is 3. The molecule has 0 spiro atoms. The Morgan fingerprint density at radius 1 is 1.05 bits per heavy atom. The van der Waals surface area contributed by atoms with Crippen molar-refractivity contribution in [1.29, 1.82) is 0 Å². The van der Waals surface area contributed by atoms with Crippen LogP contribution in [0.5, 0.6) is 11.5 Å². The number of anilines is 1. The third-order valence-corrected chi connectivity index (χ3v) is 8.69. The number of carbonyl (C=O) groups is 1. The lowest BCUT2D eigenvalue weighted by Gasteiger charge is -2.29. The van der Waals surface area contributed by atoms with Crippen LogP contribution in [-0.2, 0) is 9.53 Å². The van der Waals surface area contributed by atoms with Crippen LogP contribution in [0.15, 0.2) is 75.7 Å². The molecule has 1 fully saturated rings. The molecule has 41 heavy (non-hydrogen) atoms. The smallest absolute Gasteiger partial charge is 0.271 e. The van der Waals surface area contributed by atoms with Crippen molar-refractivity contribution < 1.29 is 19.0 Å². The highest BCUT2D eigenvalue weighted by molar-refractivity contribution is 7.07. The molecular formula is C32H31N3O5S. The first-order valence-electron chi connectivity index (χ1n) is 13.5. The number of Topliss-reactive ketones (excluding diaryl/α,β-unsaturated/α-hetero) is 1. The third kappa shape index (κ3) is 4.75. The van der Waals surface area contributed by atoms with Gasteiger partial charge in [0.05, 0.1) is 38.0 Å². The van der Waals surface area contributed by atoms with Gasteiger partial charge in [-0.05, 0) is 48.9 Å². The second-order valence-corrected chi connectivity index (χ2v) is 11.1. The van der Waals surface area contributed by atoms with E-state index >= 15 is 0 Å². The minimum atomic E-state index is -0.683. The van der Waals surface area contributed by atoms with E-state index in [0.717, 1.165) is 40.7 Å². The fourth-order valence-corrected chi connectivity index (χ4v) is 6.80. The van der Waals surface area contributed by atoms with E-state index in [1.165, 1.54) is 18.3 Å². The number of fused-ring (bicyclic) bond motifs is 2. The summed E-state index contributed by atoms with van der Waals surface area (Å²) in [5, 5.41) is 1.91. The number of rotatable bonds is 6. The zero-order chi connectivity index (χ0) is 28.7. The van der Waals surface area contributed by atoms with Gasteiger partial charge in [0, 0.05) is 47.2 Å². The van der Waals surface area contributed by atoms with Crippen LogP contribution >= 0.6 is 11.3 Å². The number of ether oxygens (including phenoxy) is 3. The number of ketones is 1. The zero-order valence-electron chi connectivity index (χ0n) is 23.5. The molecule has 8 nitrogen and oxygen atoms in total. The molecule has 6 rings (SSSR count). The molecule has 9 heteroatoms. The SMILES string of the molecule is COc1cc(N2CCOCC2)ccc1C=c1sc2n(c1=O)[C@H](c1c(OC)ccc3ccccc13)C(C(C)=O)=C(C)N=2. The molecule has 2 aliphatic rings. The number of allylic oxidation sites excluding steroid dienone is 2. The Kier molecular flexibility index (Phi) is 7.23. The normalized spacial score (nSPS) is 17.4. The Hall–Kier alpha value is -4.21. The van der Waals surface area contributed by atoms with Crippen LogP contribution < -0.4 is 29.3 Å². The van der Waals surface area contributed by atoms with Crippen LogP contribution in [0.25, 0.3) is 16.8 Å². The molecule has 0 N–H and O–H groups in total. The first-order valence-corrected chi connectivity index (χ1v) is 14.3. The van der Waals surface area contributed by atoms with Crippen molar-refractivity contribution in [1.82, 2.24) is 4.57 Å².